The van der Waals surface area contributed by atoms with Gasteiger partial charge in [-0.15, -0.1) is 0 Å². The van der Waals surface area contributed by atoms with E-state index in [1.807, 2.05) is 6.07 Å². The summed E-state index contributed by atoms with van der Waals surface area (Å²) in [5.41, 5.74) is 1.34. The Labute approximate surface area is 165 Å². The number of nitrogens with zero attached hydrogens (tertiary/aromatic N) is 2. The lowest BCUT2D eigenvalue weighted by atomic mass is 9.95. The van der Waals surface area contributed by atoms with Crippen molar-refractivity contribution in [3.8, 4) is 0 Å². The van der Waals surface area contributed by atoms with Gasteiger partial charge in [-0.2, -0.15) is 0 Å². The third-order valence-electron chi connectivity index (χ3n) is 5.24. The molecule has 3 rings (SSSR count). The van der Waals surface area contributed by atoms with E-state index in [9.17, 15) is 0 Å². The predicted octanol–water partition coefficient (Wildman–Crippen LogP) is 3.19. The Kier molecular flexibility index (Phi) is 8.54. The van der Waals surface area contributed by atoms with Crippen molar-refractivity contribution in [2.45, 2.75) is 45.2 Å². The summed E-state index contributed by atoms with van der Waals surface area (Å²) >= 11 is 6.08. The molecule has 2 fully saturated rings. The number of hydrogen-bond donors (Lipinski definition) is 2. The Bertz CT molecular complexity index is 620. The normalized spacial score (nSPS) is 21.9. The number of piperidine rings is 2. The van der Waals surface area contributed by atoms with Crippen LogP contribution in [0.4, 0.5) is 0 Å². The minimum absolute atomic E-state index is 0.823. The molecule has 0 amide bonds. The fraction of sp³-hybridized carbons (Fsp3) is 0.600. The second-order valence-electron chi connectivity index (χ2n) is 7.49. The topological polar surface area (TPSA) is 81.1 Å². The molecule has 2 aliphatic rings. The van der Waals surface area contributed by atoms with Crippen molar-refractivity contribution in [1.82, 2.24) is 9.80 Å². The zero-order chi connectivity index (χ0) is 19.8. The summed E-state index contributed by atoms with van der Waals surface area (Å²) in [6.07, 6.45) is 5.47. The summed E-state index contributed by atoms with van der Waals surface area (Å²) in [5, 5.41) is 15.6. The van der Waals surface area contributed by atoms with E-state index in [1.54, 1.807) is 0 Å². The number of carbonyl (C=O) groups is 2. The number of carboxylic acids is 2. The van der Waals surface area contributed by atoms with Crippen LogP contribution in [-0.2, 0) is 16.1 Å². The standard InChI is InChI=1S/C18H27ClN2.C2H2O4/c1-15-4-3-9-21(13-15)18-7-10-20(11-8-18)14-16-5-2-6-17(19)12-16;3-1(4)2(5)6/h2,5-6,12,15,18H,3-4,7-11,13-14H2,1H3;(H,3,4)(H,5,6). The van der Waals surface area contributed by atoms with Gasteiger partial charge in [-0.3, -0.25) is 4.90 Å². The molecule has 2 saturated heterocycles. The smallest absolute Gasteiger partial charge is 0.414 e. The summed E-state index contributed by atoms with van der Waals surface area (Å²) in [4.78, 5) is 23.5. The molecule has 0 radical (unpaired) electrons. The Morgan fingerprint density at radius 1 is 1.11 bits per heavy atom. The minimum atomic E-state index is -1.82. The van der Waals surface area contributed by atoms with Crippen LogP contribution in [0.15, 0.2) is 24.3 Å². The maximum atomic E-state index is 9.10. The second-order valence-corrected chi connectivity index (χ2v) is 7.93. The van der Waals surface area contributed by atoms with E-state index >= 15 is 0 Å². The summed E-state index contributed by atoms with van der Waals surface area (Å²) in [6.45, 7) is 8.54. The molecule has 7 heteroatoms. The van der Waals surface area contributed by atoms with Gasteiger partial charge in [0, 0.05) is 24.2 Å². The highest BCUT2D eigenvalue weighted by atomic mass is 35.5. The van der Waals surface area contributed by atoms with E-state index in [4.69, 9.17) is 31.4 Å². The van der Waals surface area contributed by atoms with Gasteiger partial charge in [0.05, 0.1) is 0 Å². The third kappa shape index (κ3) is 7.48. The van der Waals surface area contributed by atoms with Gasteiger partial charge >= 0.3 is 11.9 Å². The van der Waals surface area contributed by atoms with Gasteiger partial charge in [0.1, 0.15) is 0 Å². The van der Waals surface area contributed by atoms with Crippen LogP contribution in [0.3, 0.4) is 0 Å². The number of aliphatic carboxylic acids is 2. The molecular formula is C20H29ClN2O4. The lowest BCUT2D eigenvalue weighted by Crippen LogP contribution is -2.47. The first-order valence-corrected chi connectivity index (χ1v) is 9.90. The van der Waals surface area contributed by atoms with Crippen LogP contribution < -0.4 is 0 Å². The van der Waals surface area contributed by atoms with Gasteiger partial charge < -0.3 is 15.1 Å². The Morgan fingerprint density at radius 2 is 1.78 bits per heavy atom. The number of likely N-dealkylation sites (tertiary alicyclic amines) is 2. The van der Waals surface area contributed by atoms with E-state index in [-0.39, 0.29) is 0 Å². The lowest BCUT2D eigenvalue weighted by Gasteiger charge is -2.41. The second kappa shape index (κ2) is 10.6. The van der Waals surface area contributed by atoms with Crippen molar-refractivity contribution in [2.24, 2.45) is 5.92 Å². The maximum Gasteiger partial charge on any atom is 0.414 e. The molecule has 6 nitrogen and oxygen atoms in total. The van der Waals surface area contributed by atoms with E-state index in [0.717, 1.165) is 23.5 Å². The van der Waals surface area contributed by atoms with E-state index in [1.165, 1.54) is 57.4 Å². The Morgan fingerprint density at radius 3 is 2.33 bits per heavy atom. The van der Waals surface area contributed by atoms with Crippen molar-refractivity contribution >= 4 is 23.5 Å². The average Bonchev–Trinajstić information content (AvgIpc) is 2.63. The third-order valence-corrected chi connectivity index (χ3v) is 5.48. The summed E-state index contributed by atoms with van der Waals surface area (Å²) in [6, 6.07) is 9.11. The van der Waals surface area contributed by atoms with Gasteiger partial charge in [0.2, 0.25) is 0 Å². The number of benzene rings is 1. The zero-order valence-corrected chi connectivity index (χ0v) is 16.6. The van der Waals surface area contributed by atoms with Crippen LogP contribution in [0.5, 0.6) is 0 Å². The van der Waals surface area contributed by atoms with Crippen LogP contribution in [0, 0.1) is 5.92 Å². The molecule has 27 heavy (non-hydrogen) atoms. The fourth-order valence-corrected chi connectivity index (χ4v) is 4.11. The molecule has 1 aromatic carbocycles. The van der Waals surface area contributed by atoms with Crippen molar-refractivity contribution in [3.63, 3.8) is 0 Å². The van der Waals surface area contributed by atoms with Crippen LogP contribution in [0.2, 0.25) is 5.02 Å². The molecule has 0 spiro atoms. The molecule has 2 heterocycles. The highest BCUT2D eigenvalue weighted by Gasteiger charge is 2.27. The van der Waals surface area contributed by atoms with Crippen LogP contribution in [0.25, 0.3) is 0 Å². The summed E-state index contributed by atoms with van der Waals surface area (Å²) in [7, 11) is 0. The molecule has 2 N–H and O–H groups in total. The number of halogens is 1. The molecule has 0 bridgehead atoms. The number of hydrogen-bond acceptors (Lipinski definition) is 4. The van der Waals surface area contributed by atoms with Gasteiger partial charge in [-0.05, 0) is 68.9 Å². The molecule has 0 saturated carbocycles. The van der Waals surface area contributed by atoms with Crippen molar-refractivity contribution in [1.29, 1.82) is 0 Å². The molecule has 0 aliphatic carbocycles. The molecule has 0 aromatic heterocycles. The monoisotopic (exact) mass is 396 g/mol. The number of carboxylic acid groups (broad SMARTS) is 2. The van der Waals surface area contributed by atoms with Crippen LogP contribution in [-0.4, -0.2) is 64.2 Å². The molecule has 2 aliphatic heterocycles. The largest absolute Gasteiger partial charge is 0.473 e. The highest BCUT2D eigenvalue weighted by molar-refractivity contribution is 6.30. The first kappa shape index (κ1) is 21.7. The van der Waals surface area contributed by atoms with Crippen LogP contribution in [0.1, 0.15) is 38.2 Å². The first-order chi connectivity index (χ1) is 12.8. The highest BCUT2D eigenvalue weighted by Crippen LogP contribution is 2.24. The van der Waals surface area contributed by atoms with Crippen molar-refractivity contribution in [2.75, 3.05) is 26.2 Å². The summed E-state index contributed by atoms with van der Waals surface area (Å²) in [5.74, 6) is -2.76. The van der Waals surface area contributed by atoms with E-state index in [0.29, 0.717) is 0 Å². The van der Waals surface area contributed by atoms with Crippen LogP contribution >= 0.6 is 11.6 Å². The Balaban J connectivity index is 0.000000380. The molecule has 1 unspecified atom stereocenters. The SMILES string of the molecule is CC1CCCN(C2CCN(Cc3cccc(Cl)c3)CC2)C1.O=C(O)C(=O)O. The average molecular weight is 397 g/mol. The predicted molar refractivity (Wildman–Crippen MR) is 105 cm³/mol. The van der Waals surface area contributed by atoms with Crippen molar-refractivity contribution in [3.05, 3.63) is 34.9 Å². The van der Waals surface area contributed by atoms with Gasteiger partial charge in [-0.1, -0.05) is 30.7 Å². The molecule has 150 valence electrons. The minimum Gasteiger partial charge on any atom is -0.473 e. The summed E-state index contributed by atoms with van der Waals surface area (Å²) < 4.78 is 0. The molecular weight excluding hydrogens is 368 g/mol. The molecule has 1 atom stereocenters. The Hall–Kier alpha value is -1.63. The van der Waals surface area contributed by atoms with E-state index in [2.05, 4.69) is 34.9 Å². The maximum absolute atomic E-state index is 9.10. The van der Waals surface area contributed by atoms with Gasteiger partial charge in [-0.25, -0.2) is 9.59 Å². The number of rotatable bonds is 3. The van der Waals surface area contributed by atoms with Gasteiger partial charge in [0.25, 0.3) is 0 Å². The zero-order valence-electron chi connectivity index (χ0n) is 15.8. The van der Waals surface area contributed by atoms with Crippen molar-refractivity contribution < 1.29 is 19.8 Å². The lowest BCUT2D eigenvalue weighted by molar-refractivity contribution is -0.159. The van der Waals surface area contributed by atoms with Gasteiger partial charge in [0.15, 0.2) is 0 Å². The molecule has 1 aromatic rings. The quantitative estimate of drug-likeness (QED) is 0.763. The van der Waals surface area contributed by atoms with E-state index < -0.39 is 11.9 Å². The fourth-order valence-electron chi connectivity index (χ4n) is 3.89. The first-order valence-electron chi connectivity index (χ1n) is 9.52.